The van der Waals surface area contributed by atoms with Gasteiger partial charge >= 0.3 is 18.1 Å². The maximum absolute atomic E-state index is 13.1. The Labute approximate surface area is 97.9 Å². The smallest absolute Gasteiger partial charge is 0.426 e. The molecule has 0 rings (SSSR count). The van der Waals surface area contributed by atoms with Crippen molar-refractivity contribution in [3.05, 3.63) is 10.7 Å². The third kappa shape index (κ3) is 5.07. The van der Waals surface area contributed by atoms with Crippen molar-refractivity contribution in [2.75, 3.05) is 20.0 Å². The number of esters is 2. The summed E-state index contributed by atoms with van der Waals surface area (Å²) in [7, 11) is 1.68. The van der Waals surface area contributed by atoms with Crippen molar-refractivity contribution in [2.45, 2.75) is 6.18 Å². The van der Waals surface area contributed by atoms with Crippen LogP contribution in [0, 0.1) is 0 Å². The summed E-state index contributed by atoms with van der Waals surface area (Å²) >= 11 is -0.0947. The molecule has 0 saturated carbocycles. The van der Waals surface area contributed by atoms with Crippen LogP contribution in [-0.4, -0.2) is 38.1 Å². The first-order chi connectivity index (χ1) is 7.73. The van der Waals surface area contributed by atoms with E-state index in [1.54, 1.807) is 0 Å². The molecule has 0 N–H and O–H groups in total. The minimum absolute atomic E-state index is 0.0947. The van der Waals surface area contributed by atoms with Crippen LogP contribution < -0.4 is 0 Å². The molecule has 0 aliphatic rings. The van der Waals surface area contributed by atoms with Crippen LogP contribution >= 0.6 is 11.8 Å². The third-order valence-corrected chi connectivity index (χ3v) is 2.25. The summed E-state index contributed by atoms with van der Waals surface area (Å²) in [5.74, 6) is -3.46. The van der Waals surface area contributed by atoms with E-state index in [9.17, 15) is 27.2 Å². The Morgan fingerprint density at radius 2 is 1.71 bits per heavy atom. The molecule has 0 radical (unpaired) electrons. The number of alkyl halides is 3. The van der Waals surface area contributed by atoms with Gasteiger partial charge in [-0.15, -0.1) is 0 Å². The zero-order chi connectivity index (χ0) is 13.6. The van der Waals surface area contributed by atoms with Gasteiger partial charge in [-0.2, -0.15) is 17.6 Å². The van der Waals surface area contributed by atoms with Crippen molar-refractivity contribution in [1.29, 1.82) is 0 Å². The molecule has 0 bridgehead atoms. The first-order valence-corrected chi connectivity index (χ1v) is 4.97. The van der Waals surface area contributed by atoms with E-state index in [4.69, 9.17) is 0 Å². The molecule has 0 heterocycles. The first kappa shape index (κ1) is 15.8. The molecule has 0 aliphatic carbocycles. The maximum Gasteiger partial charge on any atom is 0.426 e. The fraction of sp³-hybridized carbons (Fsp3) is 0.500. The van der Waals surface area contributed by atoms with Gasteiger partial charge in [0.05, 0.1) is 20.0 Å². The van der Waals surface area contributed by atoms with E-state index >= 15 is 0 Å². The van der Waals surface area contributed by atoms with Gasteiger partial charge in [0.1, 0.15) is 0 Å². The Balaban J connectivity index is 5.00. The molecule has 0 amide bonds. The molecule has 0 fully saturated rings. The molecule has 4 nitrogen and oxygen atoms in total. The standard InChI is InChI=1S/C8H8F4O4S/c1-15-4(13)3-17-6(9)5(7(14)16-2)8(10,11)12/h3H2,1-2H3/b6-5+. The van der Waals surface area contributed by atoms with E-state index in [-0.39, 0.29) is 11.8 Å². The summed E-state index contributed by atoms with van der Waals surface area (Å²) < 4.78 is 57.9. The molecule has 0 spiro atoms. The number of rotatable bonds is 4. The van der Waals surface area contributed by atoms with Gasteiger partial charge in [0.2, 0.25) is 0 Å². The lowest BCUT2D eigenvalue weighted by Gasteiger charge is -2.10. The van der Waals surface area contributed by atoms with Crippen LogP contribution in [0.15, 0.2) is 10.7 Å². The number of carbonyl (C=O) groups excluding carboxylic acids is 2. The van der Waals surface area contributed by atoms with Crippen LogP contribution in [0.1, 0.15) is 0 Å². The number of methoxy groups -OCH3 is 2. The van der Waals surface area contributed by atoms with Crippen LogP contribution in [0.2, 0.25) is 0 Å². The second-order valence-electron chi connectivity index (χ2n) is 2.50. The zero-order valence-electron chi connectivity index (χ0n) is 8.76. The lowest BCUT2D eigenvalue weighted by Crippen LogP contribution is -2.22. The Hall–Kier alpha value is -1.25. The molecular formula is C8H8F4O4S. The van der Waals surface area contributed by atoms with Crippen molar-refractivity contribution < 1.29 is 36.6 Å². The van der Waals surface area contributed by atoms with E-state index in [2.05, 4.69) is 9.47 Å². The minimum Gasteiger partial charge on any atom is -0.468 e. The van der Waals surface area contributed by atoms with E-state index in [1.165, 1.54) is 0 Å². The van der Waals surface area contributed by atoms with E-state index < -0.39 is 34.6 Å². The van der Waals surface area contributed by atoms with Crippen molar-refractivity contribution >= 4 is 23.7 Å². The summed E-state index contributed by atoms with van der Waals surface area (Å²) in [6, 6.07) is 0. The van der Waals surface area contributed by atoms with E-state index in [0.717, 1.165) is 7.11 Å². The predicted octanol–water partition coefficient (Wildman–Crippen LogP) is 1.81. The van der Waals surface area contributed by atoms with Gasteiger partial charge in [0.25, 0.3) is 0 Å². The Morgan fingerprint density at radius 1 is 1.18 bits per heavy atom. The molecule has 0 aromatic carbocycles. The highest BCUT2D eigenvalue weighted by Crippen LogP contribution is 2.34. The van der Waals surface area contributed by atoms with Gasteiger partial charge in [-0.1, -0.05) is 11.8 Å². The number of ether oxygens (including phenoxy) is 2. The lowest BCUT2D eigenvalue weighted by atomic mass is 10.3. The average molecular weight is 276 g/mol. The van der Waals surface area contributed by atoms with Crippen LogP contribution in [0.5, 0.6) is 0 Å². The Kier molecular flexibility index (Phi) is 6.00. The monoisotopic (exact) mass is 276 g/mol. The molecule has 17 heavy (non-hydrogen) atoms. The summed E-state index contributed by atoms with van der Waals surface area (Å²) in [5, 5.41) is -1.84. The second kappa shape index (κ2) is 6.48. The van der Waals surface area contributed by atoms with Gasteiger partial charge < -0.3 is 9.47 Å². The summed E-state index contributed by atoms with van der Waals surface area (Å²) in [6.07, 6.45) is -5.19. The van der Waals surface area contributed by atoms with Gasteiger partial charge in [-0.05, 0) is 0 Å². The molecule has 0 atom stereocenters. The largest absolute Gasteiger partial charge is 0.468 e. The summed E-state index contributed by atoms with van der Waals surface area (Å²) in [5.41, 5.74) is -2.08. The SMILES string of the molecule is COC(=O)CS/C(F)=C(\C(=O)OC)C(F)(F)F. The van der Waals surface area contributed by atoms with Crippen LogP contribution in [0.3, 0.4) is 0 Å². The van der Waals surface area contributed by atoms with E-state index in [1.807, 2.05) is 0 Å². The normalized spacial score (nSPS) is 12.8. The van der Waals surface area contributed by atoms with Crippen molar-refractivity contribution in [1.82, 2.24) is 0 Å². The topological polar surface area (TPSA) is 52.6 Å². The number of carbonyl (C=O) groups is 2. The van der Waals surface area contributed by atoms with E-state index in [0.29, 0.717) is 7.11 Å². The Bertz CT molecular complexity index is 337. The van der Waals surface area contributed by atoms with Gasteiger partial charge in [-0.25, -0.2) is 4.79 Å². The molecule has 9 heteroatoms. The number of thioether (sulfide) groups is 1. The number of hydrogen-bond acceptors (Lipinski definition) is 5. The fourth-order valence-corrected chi connectivity index (χ4v) is 1.37. The minimum atomic E-state index is -5.19. The Morgan fingerprint density at radius 3 is 2.06 bits per heavy atom. The summed E-state index contributed by atoms with van der Waals surface area (Å²) in [4.78, 5) is 21.3. The molecular weight excluding hydrogens is 268 g/mol. The number of hydrogen-bond donors (Lipinski definition) is 0. The van der Waals surface area contributed by atoms with Gasteiger partial charge in [0.15, 0.2) is 10.7 Å². The highest BCUT2D eigenvalue weighted by molar-refractivity contribution is 8.03. The maximum atomic E-state index is 13.1. The highest BCUT2D eigenvalue weighted by Gasteiger charge is 2.43. The molecule has 0 saturated heterocycles. The fourth-order valence-electron chi connectivity index (χ4n) is 0.663. The molecule has 0 aliphatic heterocycles. The quantitative estimate of drug-likeness (QED) is 0.445. The molecule has 0 aromatic rings. The molecule has 98 valence electrons. The van der Waals surface area contributed by atoms with Crippen LogP contribution in [0.25, 0.3) is 0 Å². The zero-order valence-corrected chi connectivity index (χ0v) is 9.58. The first-order valence-electron chi connectivity index (χ1n) is 3.99. The lowest BCUT2D eigenvalue weighted by molar-refractivity contribution is -0.148. The van der Waals surface area contributed by atoms with Crippen LogP contribution in [0.4, 0.5) is 17.6 Å². The highest BCUT2D eigenvalue weighted by atomic mass is 32.2. The molecule has 0 aromatic heterocycles. The van der Waals surface area contributed by atoms with Crippen LogP contribution in [-0.2, 0) is 19.1 Å². The summed E-state index contributed by atoms with van der Waals surface area (Å²) in [6.45, 7) is 0. The predicted molar refractivity (Wildman–Crippen MR) is 50.7 cm³/mol. The second-order valence-corrected chi connectivity index (χ2v) is 3.44. The number of halogens is 4. The van der Waals surface area contributed by atoms with Crippen molar-refractivity contribution in [3.63, 3.8) is 0 Å². The average Bonchev–Trinajstić information content (AvgIpc) is 2.23. The molecule has 0 unspecified atom stereocenters. The van der Waals surface area contributed by atoms with Gasteiger partial charge in [0, 0.05) is 0 Å². The van der Waals surface area contributed by atoms with Crippen molar-refractivity contribution in [2.24, 2.45) is 0 Å². The van der Waals surface area contributed by atoms with Crippen molar-refractivity contribution in [3.8, 4) is 0 Å². The van der Waals surface area contributed by atoms with Gasteiger partial charge in [-0.3, -0.25) is 4.79 Å². The third-order valence-electron chi connectivity index (χ3n) is 1.41.